The first-order valence-corrected chi connectivity index (χ1v) is 9.54. The average molecular weight is 424 g/mol. The molecule has 0 bridgehead atoms. The minimum Gasteiger partial charge on any atom is -0.469 e. The van der Waals surface area contributed by atoms with Crippen LogP contribution in [-0.4, -0.2) is 43.5 Å². The van der Waals surface area contributed by atoms with Crippen LogP contribution in [-0.2, 0) is 16.0 Å². The molecule has 3 unspecified atom stereocenters. The van der Waals surface area contributed by atoms with Crippen molar-refractivity contribution in [2.24, 2.45) is 5.92 Å². The van der Waals surface area contributed by atoms with E-state index in [4.69, 9.17) is 4.74 Å². The van der Waals surface area contributed by atoms with Gasteiger partial charge in [0.1, 0.15) is 0 Å². The molecular weight excluding hydrogens is 404 g/mol. The molecule has 0 radical (unpaired) electrons. The molecule has 1 aromatic carbocycles. The zero-order valence-electron chi connectivity index (χ0n) is 16.8. The first kappa shape index (κ1) is 20.5. The number of nitrogens with one attached hydrogen (secondary N) is 1. The summed E-state index contributed by atoms with van der Waals surface area (Å²) in [6.45, 7) is 1.48. The molecule has 0 fully saturated rings. The van der Waals surface area contributed by atoms with Gasteiger partial charge < -0.3 is 9.84 Å². The number of fused-ring (bicyclic) bond motifs is 1. The van der Waals surface area contributed by atoms with E-state index in [0.29, 0.717) is 17.1 Å². The van der Waals surface area contributed by atoms with Gasteiger partial charge in [-0.25, -0.2) is 9.67 Å². The fourth-order valence-corrected chi connectivity index (χ4v) is 4.30. The van der Waals surface area contributed by atoms with Crippen LogP contribution >= 0.6 is 0 Å². The number of ether oxygens (including phenoxy) is 1. The van der Waals surface area contributed by atoms with Gasteiger partial charge in [0.2, 0.25) is 0 Å². The van der Waals surface area contributed by atoms with Crippen molar-refractivity contribution in [2.75, 3.05) is 7.11 Å². The number of aromatic nitrogens is 3. The largest absolute Gasteiger partial charge is 0.469 e. The number of nitro benzene ring substituents is 1. The van der Waals surface area contributed by atoms with Crippen LogP contribution in [0.25, 0.3) is 5.82 Å². The van der Waals surface area contributed by atoms with Crippen LogP contribution in [0.1, 0.15) is 29.7 Å². The predicted molar refractivity (Wildman–Crippen MR) is 109 cm³/mol. The third-order valence-electron chi connectivity index (χ3n) is 5.63. The number of H-pyrrole nitrogens is 1. The molecule has 0 saturated carbocycles. The first-order chi connectivity index (χ1) is 14.7. The van der Waals surface area contributed by atoms with Crippen molar-refractivity contribution in [2.45, 2.75) is 24.9 Å². The van der Waals surface area contributed by atoms with Gasteiger partial charge in [0.25, 0.3) is 11.2 Å². The Bertz CT molecular complexity index is 1210. The summed E-state index contributed by atoms with van der Waals surface area (Å²) < 4.78 is 6.18. The lowest BCUT2D eigenvalue weighted by Gasteiger charge is -2.40. The smallest absolute Gasteiger partial charge is 0.312 e. The Morgan fingerprint density at radius 1 is 1.35 bits per heavy atom. The van der Waals surface area contributed by atoms with Crippen molar-refractivity contribution in [3.8, 4) is 5.82 Å². The molecule has 0 amide bonds. The van der Waals surface area contributed by atoms with Gasteiger partial charge in [-0.2, -0.15) is 0 Å². The van der Waals surface area contributed by atoms with E-state index in [1.807, 2.05) is 0 Å². The summed E-state index contributed by atoms with van der Waals surface area (Å²) in [4.78, 5) is 41.1. The summed E-state index contributed by atoms with van der Waals surface area (Å²) in [5.41, 5.74) is -1.18. The van der Waals surface area contributed by atoms with E-state index >= 15 is 0 Å². The molecule has 2 aromatic heterocycles. The quantitative estimate of drug-likeness (QED) is 0.369. The van der Waals surface area contributed by atoms with Crippen molar-refractivity contribution >= 4 is 11.7 Å². The summed E-state index contributed by atoms with van der Waals surface area (Å²) >= 11 is 0. The predicted octanol–water partition coefficient (Wildman–Crippen LogP) is 1.70. The number of carbonyl (C=O) groups excluding carboxylic acids is 1. The molecule has 3 aromatic rings. The van der Waals surface area contributed by atoms with E-state index in [9.17, 15) is 24.8 Å². The van der Waals surface area contributed by atoms with Gasteiger partial charge in [-0.15, -0.1) is 0 Å². The van der Waals surface area contributed by atoms with Crippen molar-refractivity contribution in [1.29, 1.82) is 0 Å². The average Bonchev–Trinajstić information content (AvgIpc) is 3.07. The molecule has 10 heteroatoms. The number of aromatic amines is 1. The second-order valence-corrected chi connectivity index (χ2v) is 7.70. The van der Waals surface area contributed by atoms with Crippen LogP contribution in [0.15, 0.2) is 53.5 Å². The SMILES string of the molecule is COC(=O)C1C(c2cccc([N+](=O)[O-])c2)c2c([nH]n(-c3ccccn3)c2=O)CC1(C)O. The highest BCUT2D eigenvalue weighted by Crippen LogP contribution is 2.45. The Balaban J connectivity index is 1.99. The number of rotatable bonds is 4. The number of nitrogens with zero attached hydrogens (tertiary/aromatic N) is 3. The molecule has 31 heavy (non-hydrogen) atoms. The van der Waals surface area contributed by atoms with E-state index in [1.54, 1.807) is 24.3 Å². The van der Waals surface area contributed by atoms with Gasteiger partial charge in [0.15, 0.2) is 5.82 Å². The summed E-state index contributed by atoms with van der Waals surface area (Å²) in [5.74, 6) is -2.47. The lowest BCUT2D eigenvalue weighted by molar-refractivity contribution is -0.384. The number of esters is 1. The molecule has 4 rings (SSSR count). The highest BCUT2D eigenvalue weighted by Gasteiger charge is 2.51. The number of pyridine rings is 1. The Kier molecular flexibility index (Phi) is 4.94. The van der Waals surface area contributed by atoms with Crippen LogP contribution in [0.4, 0.5) is 5.69 Å². The molecule has 0 saturated heterocycles. The molecular formula is C21H20N4O6. The number of nitro groups is 1. The van der Waals surface area contributed by atoms with Gasteiger partial charge in [-0.3, -0.25) is 24.8 Å². The minimum absolute atomic E-state index is 0.0113. The fraction of sp³-hybridized carbons (Fsp3) is 0.286. The van der Waals surface area contributed by atoms with Crippen LogP contribution < -0.4 is 5.56 Å². The van der Waals surface area contributed by atoms with E-state index in [2.05, 4.69) is 10.1 Å². The highest BCUT2D eigenvalue weighted by atomic mass is 16.6. The van der Waals surface area contributed by atoms with Gasteiger partial charge >= 0.3 is 5.97 Å². The normalized spacial score (nSPS) is 22.5. The molecule has 2 heterocycles. The van der Waals surface area contributed by atoms with E-state index in [1.165, 1.54) is 43.1 Å². The number of methoxy groups -OCH3 is 1. The van der Waals surface area contributed by atoms with Gasteiger partial charge in [0.05, 0.1) is 23.6 Å². The Morgan fingerprint density at radius 3 is 2.77 bits per heavy atom. The maximum Gasteiger partial charge on any atom is 0.312 e. The lowest BCUT2D eigenvalue weighted by Crippen LogP contribution is -2.50. The van der Waals surface area contributed by atoms with Crippen LogP contribution in [0.2, 0.25) is 0 Å². The monoisotopic (exact) mass is 424 g/mol. The molecule has 2 N–H and O–H groups in total. The number of carbonyl (C=O) groups is 1. The zero-order chi connectivity index (χ0) is 22.3. The number of aliphatic hydroxyl groups is 1. The lowest BCUT2D eigenvalue weighted by atomic mass is 9.66. The van der Waals surface area contributed by atoms with Crippen molar-refractivity contribution in [1.82, 2.24) is 14.8 Å². The number of hydrogen-bond acceptors (Lipinski definition) is 7. The number of hydrogen-bond donors (Lipinski definition) is 2. The molecule has 1 aliphatic carbocycles. The Morgan fingerprint density at radius 2 is 2.13 bits per heavy atom. The van der Waals surface area contributed by atoms with Gasteiger partial charge in [0, 0.05) is 41.9 Å². The minimum atomic E-state index is -1.57. The maximum absolute atomic E-state index is 13.4. The van der Waals surface area contributed by atoms with E-state index in [-0.39, 0.29) is 17.7 Å². The molecule has 10 nitrogen and oxygen atoms in total. The van der Waals surface area contributed by atoms with Crippen molar-refractivity contribution in [3.05, 3.63) is 86.0 Å². The third-order valence-corrected chi connectivity index (χ3v) is 5.63. The molecule has 0 spiro atoms. The maximum atomic E-state index is 13.4. The second-order valence-electron chi connectivity index (χ2n) is 7.70. The third kappa shape index (κ3) is 3.40. The Hall–Kier alpha value is -3.79. The second kappa shape index (κ2) is 7.47. The van der Waals surface area contributed by atoms with Crippen molar-refractivity contribution in [3.63, 3.8) is 0 Å². The van der Waals surface area contributed by atoms with Crippen LogP contribution in [0.3, 0.4) is 0 Å². The van der Waals surface area contributed by atoms with Crippen LogP contribution in [0, 0.1) is 16.0 Å². The molecule has 3 atom stereocenters. The zero-order valence-corrected chi connectivity index (χ0v) is 16.8. The highest BCUT2D eigenvalue weighted by molar-refractivity contribution is 5.77. The molecule has 160 valence electrons. The molecule has 1 aliphatic rings. The topological polar surface area (TPSA) is 140 Å². The fourth-order valence-electron chi connectivity index (χ4n) is 4.30. The van der Waals surface area contributed by atoms with Gasteiger partial charge in [-0.05, 0) is 24.6 Å². The summed E-state index contributed by atoms with van der Waals surface area (Å²) in [6, 6.07) is 10.8. The van der Waals surface area contributed by atoms with E-state index in [0.717, 1.165) is 0 Å². The number of non-ortho nitro benzene ring substituents is 1. The number of benzene rings is 1. The first-order valence-electron chi connectivity index (χ1n) is 9.54. The van der Waals surface area contributed by atoms with Gasteiger partial charge in [-0.1, -0.05) is 18.2 Å². The van der Waals surface area contributed by atoms with Crippen LogP contribution in [0.5, 0.6) is 0 Å². The van der Waals surface area contributed by atoms with Crippen molar-refractivity contribution < 1.29 is 19.6 Å². The Labute approximate surface area is 176 Å². The molecule has 0 aliphatic heterocycles. The summed E-state index contributed by atoms with van der Waals surface area (Å²) in [6.07, 6.45) is 1.52. The summed E-state index contributed by atoms with van der Waals surface area (Å²) in [5, 5.41) is 25.5. The summed E-state index contributed by atoms with van der Waals surface area (Å²) in [7, 11) is 1.20. The standard InChI is InChI=1S/C21H20N4O6/c1-21(28)11-14-17(19(26)24(23-14)15-8-3-4-9-22-15)16(18(21)20(27)31-2)12-6-5-7-13(10-12)25(29)30/h3-10,16,18,23,28H,11H2,1-2H3. The van der Waals surface area contributed by atoms with E-state index < -0.39 is 33.9 Å².